The molecule has 2 rings (SSSR count). The summed E-state index contributed by atoms with van der Waals surface area (Å²) in [6.45, 7) is 3.14. The number of amides is 2. The Hall–Kier alpha value is -1.10. The van der Waals surface area contributed by atoms with Crippen molar-refractivity contribution in [3.8, 4) is 0 Å². The lowest BCUT2D eigenvalue weighted by molar-refractivity contribution is -0.140. The summed E-state index contributed by atoms with van der Waals surface area (Å²) in [4.78, 5) is 22.9. The summed E-state index contributed by atoms with van der Waals surface area (Å²) in [5.41, 5.74) is 0. The number of piperidine rings is 1. The summed E-state index contributed by atoms with van der Waals surface area (Å²) in [6.07, 6.45) is 2.09. The minimum Gasteiger partial charge on any atom is -0.435 e. The highest BCUT2D eigenvalue weighted by Gasteiger charge is 2.41. The molecule has 0 aromatic heterocycles. The largest absolute Gasteiger partial charge is 0.435 e. The van der Waals surface area contributed by atoms with E-state index in [2.05, 4.69) is 0 Å². The minimum absolute atomic E-state index is 0.239. The maximum atomic E-state index is 11.6. The average molecular weight is 198 g/mol. The lowest BCUT2D eigenvalue weighted by Gasteiger charge is -2.31. The van der Waals surface area contributed by atoms with Gasteiger partial charge in [0.15, 0.2) is 6.10 Å². The summed E-state index contributed by atoms with van der Waals surface area (Å²) in [6, 6.07) is 0. The lowest BCUT2D eigenvalue weighted by Crippen LogP contribution is -2.48. The first-order valence-electron chi connectivity index (χ1n) is 4.99. The van der Waals surface area contributed by atoms with Crippen molar-refractivity contribution in [1.29, 1.82) is 0 Å². The Kier molecular flexibility index (Phi) is 2.41. The first kappa shape index (κ1) is 9.45. The first-order valence-corrected chi connectivity index (χ1v) is 4.99. The summed E-state index contributed by atoms with van der Waals surface area (Å²) in [5.74, 6) is -0.239. The van der Waals surface area contributed by atoms with Gasteiger partial charge in [0.1, 0.15) is 0 Å². The molecule has 2 heterocycles. The molecule has 0 radical (unpaired) electrons. The number of carbonyl (C=O) groups excluding carboxylic acids is 2. The van der Waals surface area contributed by atoms with E-state index in [0.29, 0.717) is 0 Å². The highest BCUT2D eigenvalue weighted by molar-refractivity contribution is 5.99. The van der Waals surface area contributed by atoms with Gasteiger partial charge in [-0.05, 0) is 19.8 Å². The third kappa shape index (κ3) is 1.48. The molecule has 2 aliphatic rings. The number of hydrogen-bond donors (Lipinski definition) is 0. The van der Waals surface area contributed by atoms with E-state index in [9.17, 15) is 9.59 Å². The van der Waals surface area contributed by atoms with Crippen LogP contribution >= 0.6 is 0 Å². The number of nitrogens with zero attached hydrogens (tertiary/aromatic N) is 2. The Morgan fingerprint density at radius 2 is 1.86 bits per heavy atom. The van der Waals surface area contributed by atoms with Gasteiger partial charge in [-0.25, -0.2) is 9.80 Å². The third-order valence-corrected chi connectivity index (χ3v) is 2.62. The molecule has 2 fully saturated rings. The van der Waals surface area contributed by atoms with E-state index in [1.165, 1.54) is 6.42 Å². The number of carbonyl (C=O) groups is 2. The van der Waals surface area contributed by atoms with Crippen molar-refractivity contribution in [3.05, 3.63) is 0 Å². The van der Waals surface area contributed by atoms with Gasteiger partial charge < -0.3 is 4.74 Å². The SMILES string of the molecule is CC1OC(=O)N(N2CCCCC2)C1=O. The molecule has 1 unspecified atom stereocenters. The van der Waals surface area contributed by atoms with E-state index >= 15 is 0 Å². The number of rotatable bonds is 1. The standard InChI is InChI=1S/C9H14N2O3/c1-7-8(12)11(9(13)14-7)10-5-3-2-4-6-10/h7H,2-6H2,1H3. The van der Waals surface area contributed by atoms with Crippen LogP contribution < -0.4 is 0 Å². The Morgan fingerprint density at radius 3 is 2.36 bits per heavy atom. The summed E-state index contributed by atoms with van der Waals surface area (Å²) < 4.78 is 4.84. The molecule has 2 aliphatic heterocycles. The van der Waals surface area contributed by atoms with Crippen LogP contribution in [0.3, 0.4) is 0 Å². The zero-order valence-corrected chi connectivity index (χ0v) is 8.23. The highest BCUT2D eigenvalue weighted by atomic mass is 16.6. The molecule has 2 amide bonds. The van der Waals surface area contributed by atoms with Gasteiger partial charge in [0.2, 0.25) is 0 Å². The molecule has 0 aromatic rings. The van der Waals surface area contributed by atoms with Gasteiger partial charge in [-0.2, -0.15) is 5.01 Å². The zero-order valence-electron chi connectivity index (χ0n) is 8.23. The number of cyclic esters (lactones) is 1. The summed E-state index contributed by atoms with van der Waals surface area (Å²) >= 11 is 0. The summed E-state index contributed by atoms with van der Waals surface area (Å²) in [7, 11) is 0. The minimum atomic E-state index is -0.621. The van der Waals surface area contributed by atoms with Crippen LogP contribution in [0.15, 0.2) is 0 Å². The molecule has 0 aromatic carbocycles. The topological polar surface area (TPSA) is 49.9 Å². The van der Waals surface area contributed by atoms with Crippen LogP contribution in [-0.4, -0.2) is 41.2 Å². The quantitative estimate of drug-likeness (QED) is 0.624. The molecule has 2 saturated heterocycles. The van der Waals surface area contributed by atoms with E-state index in [0.717, 1.165) is 30.9 Å². The fraction of sp³-hybridized carbons (Fsp3) is 0.778. The van der Waals surface area contributed by atoms with Crippen molar-refractivity contribution >= 4 is 12.0 Å². The normalized spacial score (nSPS) is 29.5. The Balaban J connectivity index is 2.08. The molecule has 78 valence electrons. The monoisotopic (exact) mass is 198 g/mol. The van der Waals surface area contributed by atoms with Crippen molar-refractivity contribution in [3.63, 3.8) is 0 Å². The van der Waals surface area contributed by atoms with Crippen LogP contribution in [-0.2, 0) is 9.53 Å². The molecule has 0 aliphatic carbocycles. The second kappa shape index (κ2) is 3.57. The highest BCUT2D eigenvalue weighted by Crippen LogP contribution is 2.19. The zero-order chi connectivity index (χ0) is 10.1. The fourth-order valence-corrected chi connectivity index (χ4v) is 1.85. The number of ether oxygens (including phenoxy) is 1. The molecule has 0 N–H and O–H groups in total. The average Bonchev–Trinajstić information content (AvgIpc) is 2.43. The van der Waals surface area contributed by atoms with Gasteiger partial charge in [-0.15, -0.1) is 0 Å². The maximum Gasteiger partial charge on any atom is 0.432 e. The molecule has 5 nitrogen and oxygen atoms in total. The van der Waals surface area contributed by atoms with Crippen molar-refractivity contribution in [1.82, 2.24) is 10.0 Å². The van der Waals surface area contributed by atoms with E-state index < -0.39 is 12.2 Å². The number of imide groups is 1. The first-order chi connectivity index (χ1) is 6.70. The van der Waals surface area contributed by atoms with Gasteiger partial charge in [-0.3, -0.25) is 4.79 Å². The molecule has 5 heteroatoms. The Morgan fingerprint density at radius 1 is 1.21 bits per heavy atom. The molecule has 0 saturated carbocycles. The van der Waals surface area contributed by atoms with Gasteiger partial charge >= 0.3 is 6.09 Å². The van der Waals surface area contributed by atoms with Gasteiger partial charge in [0.25, 0.3) is 5.91 Å². The number of hydrogen-bond acceptors (Lipinski definition) is 4. The molecule has 0 spiro atoms. The van der Waals surface area contributed by atoms with E-state index in [-0.39, 0.29) is 5.91 Å². The van der Waals surface area contributed by atoms with Crippen molar-refractivity contribution in [2.75, 3.05) is 13.1 Å². The number of hydrazine groups is 1. The third-order valence-electron chi connectivity index (χ3n) is 2.62. The van der Waals surface area contributed by atoms with E-state index in [1.807, 2.05) is 0 Å². The second-order valence-corrected chi connectivity index (χ2v) is 3.69. The second-order valence-electron chi connectivity index (χ2n) is 3.69. The van der Waals surface area contributed by atoms with Crippen LogP contribution in [0.5, 0.6) is 0 Å². The molecular formula is C9H14N2O3. The van der Waals surface area contributed by atoms with Crippen molar-refractivity contribution < 1.29 is 14.3 Å². The molecule has 14 heavy (non-hydrogen) atoms. The molecule has 1 atom stereocenters. The van der Waals surface area contributed by atoms with Crippen molar-refractivity contribution in [2.45, 2.75) is 32.3 Å². The summed E-state index contributed by atoms with van der Waals surface area (Å²) in [5, 5.41) is 2.95. The maximum absolute atomic E-state index is 11.6. The van der Waals surface area contributed by atoms with E-state index in [4.69, 9.17) is 4.74 Å². The predicted molar refractivity (Wildman–Crippen MR) is 48.2 cm³/mol. The van der Waals surface area contributed by atoms with Crippen molar-refractivity contribution in [2.24, 2.45) is 0 Å². The predicted octanol–water partition coefficient (Wildman–Crippen LogP) is 0.755. The van der Waals surface area contributed by atoms with Crippen LogP contribution in [0, 0.1) is 0 Å². The lowest BCUT2D eigenvalue weighted by atomic mass is 10.2. The van der Waals surface area contributed by atoms with Crippen LogP contribution in [0.2, 0.25) is 0 Å². The van der Waals surface area contributed by atoms with Gasteiger partial charge in [0.05, 0.1) is 0 Å². The Bertz CT molecular complexity index is 261. The van der Waals surface area contributed by atoms with Crippen LogP contribution in [0.1, 0.15) is 26.2 Å². The fourth-order valence-electron chi connectivity index (χ4n) is 1.85. The van der Waals surface area contributed by atoms with Crippen LogP contribution in [0.25, 0.3) is 0 Å². The Labute approximate surface area is 82.6 Å². The van der Waals surface area contributed by atoms with Gasteiger partial charge in [0, 0.05) is 13.1 Å². The molecule has 0 bridgehead atoms. The smallest absolute Gasteiger partial charge is 0.432 e. The van der Waals surface area contributed by atoms with Gasteiger partial charge in [-0.1, -0.05) is 6.42 Å². The van der Waals surface area contributed by atoms with E-state index in [1.54, 1.807) is 11.9 Å². The molecular weight excluding hydrogens is 184 g/mol. The van der Waals surface area contributed by atoms with Crippen LogP contribution in [0.4, 0.5) is 4.79 Å².